The summed E-state index contributed by atoms with van der Waals surface area (Å²) in [6.07, 6.45) is 2.72. The highest BCUT2D eigenvalue weighted by atomic mass is 32.2. The van der Waals surface area contributed by atoms with Gasteiger partial charge in [-0.15, -0.1) is 0 Å². The van der Waals surface area contributed by atoms with Gasteiger partial charge < -0.3 is 4.74 Å². The number of sulfonamides is 1. The summed E-state index contributed by atoms with van der Waals surface area (Å²) >= 11 is 0. The van der Waals surface area contributed by atoms with E-state index < -0.39 is 16.0 Å². The van der Waals surface area contributed by atoms with Crippen LogP contribution in [0.5, 0.6) is 0 Å². The Balaban J connectivity index is 1.81. The lowest BCUT2D eigenvalue weighted by Gasteiger charge is -2.26. The molecule has 0 amide bonds. The summed E-state index contributed by atoms with van der Waals surface area (Å²) in [6, 6.07) is 13.5. The topological polar surface area (TPSA) is 87.5 Å². The second kappa shape index (κ2) is 8.55. The van der Waals surface area contributed by atoms with Crippen LogP contribution in [0.4, 0.5) is 0 Å². The Bertz CT molecular complexity index is 1020. The quantitative estimate of drug-likeness (QED) is 0.721. The van der Waals surface area contributed by atoms with Crippen molar-refractivity contribution in [2.45, 2.75) is 37.7 Å². The van der Waals surface area contributed by atoms with E-state index in [1.54, 1.807) is 37.3 Å². The highest BCUT2D eigenvalue weighted by Gasteiger charge is 2.27. The van der Waals surface area contributed by atoms with Gasteiger partial charge >= 0.3 is 5.97 Å². The van der Waals surface area contributed by atoms with Gasteiger partial charge in [0.1, 0.15) is 6.61 Å². The van der Waals surface area contributed by atoms with E-state index in [2.05, 4.69) is 6.07 Å². The molecule has 146 valence electrons. The molecule has 0 unspecified atom stereocenters. The monoisotopic (exact) mass is 398 g/mol. The number of benzene rings is 2. The van der Waals surface area contributed by atoms with Crippen LogP contribution in [0.1, 0.15) is 46.3 Å². The molecule has 1 saturated heterocycles. The molecule has 6 nitrogen and oxygen atoms in total. The molecular weight excluding hydrogens is 376 g/mol. The lowest BCUT2D eigenvalue weighted by molar-refractivity contribution is 0.0471. The molecule has 0 aromatic heterocycles. The van der Waals surface area contributed by atoms with Gasteiger partial charge in [-0.05, 0) is 43.5 Å². The highest BCUT2D eigenvalue weighted by Crippen LogP contribution is 2.23. The fraction of sp³-hybridized carbons (Fsp3) is 0.333. The zero-order valence-corrected chi connectivity index (χ0v) is 16.5. The Morgan fingerprint density at radius 2 is 1.86 bits per heavy atom. The molecule has 2 aromatic rings. The van der Waals surface area contributed by atoms with Gasteiger partial charge in [-0.25, -0.2) is 13.2 Å². The molecule has 0 bridgehead atoms. The van der Waals surface area contributed by atoms with Gasteiger partial charge in [-0.2, -0.15) is 9.57 Å². The molecule has 1 aliphatic heterocycles. The smallest absolute Gasteiger partial charge is 0.338 e. The Labute approximate surface area is 165 Å². The number of aryl methyl sites for hydroxylation is 1. The van der Waals surface area contributed by atoms with Crippen LogP contribution in [0.15, 0.2) is 47.4 Å². The summed E-state index contributed by atoms with van der Waals surface area (Å²) in [6.45, 7) is 2.68. The summed E-state index contributed by atoms with van der Waals surface area (Å²) < 4.78 is 32.6. The van der Waals surface area contributed by atoms with Crippen molar-refractivity contribution in [2.75, 3.05) is 13.1 Å². The molecule has 28 heavy (non-hydrogen) atoms. The zero-order chi connectivity index (χ0) is 20.1. The fourth-order valence-corrected chi connectivity index (χ4v) is 4.76. The first-order valence-corrected chi connectivity index (χ1v) is 10.6. The predicted molar refractivity (Wildman–Crippen MR) is 104 cm³/mol. The third-order valence-corrected chi connectivity index (χ3v) is 6.77. The lowest BCUT2D eigenvalue weighted by Crippen LogP contribution is -2.35. The number of hydrogen-bond donors (Lipinski definition) is 0. The van der Waals surface area contributed by atoms with Gasteiger partial charge in [0.15, 0.2) is 0 Å². The standard InChI is InChI=1S/C21H22N2O4S/c1-16-9-10-19(28(25,26)23-11-5-2-6-12-23)13-20(16)21(24)27-15-18-8-4-3-7-17(18)14-22/h3-4,7-10,13H,2,5-6,11-12,15H2,1H3. The van der Waals surface area contributed by atoms with Crippen molar-refractivity contribution in [1.29, 1.82) is 5.26 Å². The molecule has 1 fully saturated rings. The predicted octanol–water partition coefficient (Wildman–Crippen LogP) is 3.40. The molecule has 0 spiro atoms. The van der Waals surface area contributed by atoms with E-state index in [9.17, 15) is 13.2 Å². The minimum atomic E-state index is -3.63. The van der Waals surface area contributed by atoms with Crippen LogP contribution in [-0.2, 0) is 21.4 Å². The molecule has 0 aliphatic carbocycles. The molecule has 7 heteroatoms. The molecule has 0 saturated carbocycles. The average molecular weight is 398 g/mol. The number of esters is 1. The number of carbonyl (C=O) groups excluding carboxylic acids is 1. The van der Waals surface area contributed by atoms with Crippen LogP contribution >= 0.6 is 0 Å². The zero-order valence-electron chi connectivity index (χ0n) is 15.7. The van der Waals surface area contributed by atoms with E-state index in [0.29, 0.717) is 29.8 Å². The first kappa shape index (κ1) is 20.1. The molecule has 2 aromatic carbocycles. The number of ether oxygens (including phenoxy) is 1. The Hall–Kier alpha value is -2.69. The van der Waals surface area contributed by atoms with Crippen molar-refractivity contribution in [3.8, 4) is 6.07 Å². The molecule has 0 N–H and O–H groups in total. The number of carbonyl (C=O) groups is 1. The van der Waals surface area contributed by atoms with Crippen molar-refractivity contribution >= 4 is 16.0 Å². The summed E-state index contributed by atoms with van der Waals surface area (Å²) in [7, 11) is -3.63. The second-order valence-corrected chi connectivity index (χ2v) is 8.72. The lowest BCUT2D eigenvalue weighted by atomic mass is 10.1. The largest absolute Gasteiger partial charge is 0.457 e. The van der Waals surface area contributed by atoms with Gasteiger partial charge in [-0.1, -0.05) is 30.7 Å². The fourth-order valence-electron chi connectivity index (χ4n) is 3.21. The Morgan fingerprint density at radius 3 is 2.57 bits per heavy atom. The van der Waals surface area contributed by atoms with Crippen LogP contribution < -0.4 is 0 Å². The average Bonchev–Trinajstić information content (AvgIpc) is 2.73. The summed E-state index contributed by atoms with van der Waals surface area (Å²) in [5.74, 6) is -0.610. The van der Waals surface area contributed by atoms with Crippen molar-refractivity contribution in [3.63, 3.8) is 0 Å². The minimum absolute atomic E-state index is 0.0505. The third-order valence-electron chi connectivity index (χ3n) is 4.88. The molecule has 3 rings (SSSR count). The van der Waals surface area contributed by atoms with Gasteiger partial charge in [0.2, 0.25) is 10.0 Å². The first-order chi connectivity index (χ1) is 13.4. The SMILES string of the molecule is Cc1ccc(S(=O)(=O)N2CCCCC2)cc1C(=O)OCc1ccccc1C#N. The van der Waals surface area contributed by atoms with Crippen LogP contribution in [0.25, 0.3) is 0 Å². The van der Waals surface area contributed by atoms with E-state index in [-0.39, 0.29) is 17.1 Å². The van der Waals surface area contributed by atoms with Crippen LogP contribution in [0, 0.1) is 18.3 Å². The van der Waals surface area contributed by atoms with Crippen LogP contribution in [0.3, 0.4) is 0 Å². The van der Waals surface area contributed by atoms with E-state index in [1.807, 2.05) is 0 Å². The maximum absolute atomic E-state index is 12.9. The van der Waals surface area contributed by atoms with Gasteiger partial charge in [0.25, 0.3) is 0 Å². The number of nitrogens with zero attached hydrogens (tertiary/aromatic N) is 2. The highest BCUT2D eigenvalue weighted by molar-refractivity contribution is 7.89. The number of rotatable bonds is 5. The number of piperidine rings is 1. The minimum Gasteiger partial charge on any atom is -0.457 e. The van der Waals surface area contributed by atoms with Gasteiger partial charge in [-0.3, -0.25) is 0 Å². The summed E-state index contributed by atoms with van der Waals surface area (Å²) in [5.41, 5.74) is 1.89. The molecule has 0 atom stereocenters. The first-order valence-electron chi connectivity index (χ1n) is 9.19. The normalized spacial score (nSPS) is 15.0. The second-order valence-electron chi connectivity index (χ2n) is 6.79. The molecule has 1 heterocycles. The van der Waals surface area contributed by atoms with E-state index in [0.717, 1.165) is 19.3 Å². The number of nitriles is 1. The molecule has 1 aliphatic rings. The third kappa shape index (κ3) is 4.24. The van der Waals surface area contributed by atoms with Crippen molar-refractivity contribution < 1.29 is 17.9 Å². The Morgan fingerprint density at radius 1 is 1.14 bits per heavy atom. The maximum atomic E-state index is 12.9. The summed E-state index contributed by atoms with van der Waals surface area (Å²) in [4.78, 5) is 12.7. The maximum Gasteiger partial charge on any atom is 0.338 e. The van der Waals surface area contributed by atoms with Gasteiger partial charge in [0, 0.05) is 18.7 Å². The summed E-state index contributed by atoms with van der Waals surface area (Å²) in [5, 5.41) is 9.13. The van der Waals surface area contributed by atoms with Crippen molar-refractivity contribution in [1.82, 2.24) is 4.31 Å². The molecular formula is C21H22N2O4S. The van der Waals surface area contributed by atoms with Gasteiger partial charge in [0.05, 0.1) is 22.1 Å². The van der Waals surface area contributed by atoms with Crippen LogP contribution in [0.2, 0.25) is 0 Å². The number of hydrogen-bond acceptors (Lipinski definition) is 5. The van der Waals surface area contributed by atoms with Crippen molar-refractivity contribution in [2.24, 2.45) is 0 Å². The Kier molecular flexibility index (Phi) is 6.12. The van der Waals surface area contributed by atoms with Crippen molar-refractivity contribution in [3.05, 3.63) is 64.7 Å². The molecule has 0 radical (unpaired) electrons. The van der Waals surface area contributed by atoms with E-state index in [4.69, 9.17) is 10.00 Å². The van der Waals surface area contributed by atoms with E-state index >= 15 is 0 Å². The van der Waals surface area contributed by atoms with Crippen LogP contribution in [-0.4, -0.2) is 31.8 Å². The van der Waals surface area contributed by atoms with E-state index in [1.165, 1.54) is 16.4 Å².